The van der Waals surface area contributed by atoms with Gasteiger partial charge in [-0.15, -0.1) is 0 Å². The lowest BCUT2D eigenvalue weighted by molar-refractivity contribution is 0.0343. The first-order valence-corrected chi connectivity index (χ1v) is 11.5. The van der Waals surface area contributed by atoms with Crippen molar-refractivity contribution < 1.29 is 24.5 Å². The van der Waals surface area contributed by atoms with Gasteiger partial charge < -0.3 is 24.7 Å². The Morgan fingerprint density at radius 1 is 1.18 bits per heavy atom. The van der Waals surface area contributed by atoms with Crippen LogP contribution in [0.1, 0.15) is 40.1 Å². The number of amides is 1. The van der Waals surface area contributed by atoms with E-state index >= 15 is 0 Å². The molecule has 1 aliphatic heterocycles. The molecule has 1 aliphatic rings. The summed E-state index contributed by atoms with van der Waals surface area (Å²) in [6.07, 6.45) is -0.204. The molecule has 1 heterocycles. The van der Waals surface area contributed by atoms with Gasteiger partial charge >= 0.3 is 5.97 Å². The maximum atomic E-state index is 13.4. The fourth-order valence-corrected chi connectivity index (χ4v) is 4.23. The molecule has 0 unspecified atom stereocenters. The van der Waals surface area contributed by atoms with E-state index in [1.54, 1.807) is 23.1 Å². The minimum atomic E-state index is -0.941. The summed E-state index contributed by atoms with van der Waals surface area (Å²) in [5, 5.41) is 18.9. The van der Waals surface area contributed by atoms with Gasteiger partial charge in [0.05, 0.1) is 29.5 Å². The number of hydrogen-bond donors (Lipinski definition) is 2. The molecular weight excluding hydrogens is 434 g/mol. The average molecular weight is 470 g/mol. The van der Waals surface area contributed by atoms with E-state index in [1.165, 1.54) is 0 Å². The van der Waals surface area contributed by atoms with E-state index < -0.39 is 5.97 Å². The van der Waals surface area contributed by atoms with Gasteiger partial charge in [0, 0.05) is 39.6 Å². The molecule has 0 saturated carbocycles. The highest BCUT2D eigenvalue weighted by molar-refractivity contribution is 5.99. The predicted octanol–water partition coefficient (Wildman–Crippen LogP) is 2.80. The monoisotopic (exact) mass is 469 g/mol. The lowest BCUT2D eigenvalue weighted by Gasteiger charge is -2.39. The smallest absolute Gasteiger partial charge is 0.335 e. The van der Waals surface area contributed by atoms with Crippen LogP contribution in [0.5, 0.6) is 5.75 Å². The minimum absolute atomic E-state index is 0.0122. The van der Waals surface area contributed by atoms with Gasteiger partial charge in [-0.25, -0.2) is 4.79 Å². The third kappa shape index (κ3) is 5.69. The van der Waals surface area contributed by atoms with E-state index in [0.29, 0.717) is 30.9 Å². The zero-order chi connectivity index (χ0) is 25.0. The SMILES string of the molecule is C[C@@H]1CN([C@H](C)CO)C(=O)c2cccc(N(C)C)c2O[C@@H]1CN(C)Cc1ccc(C(=O)O)cc1. The molecule has 0 aromatic heterocycles. The van der Waals surface area contributed by atoms with Crippen molar-refractivity contribution in [1.82, 2.24) is 9.80 Å². The number of rotatable bonds is 8. The van der Waals surface area contributed by atoms with Gasteiger partial charge in [0.15, 0.2) is 5.75 Å². The second-order valence-electron chi connectivity index (χ2n) is 9.37. The fraction of sp³-hybridized carbons (Fsp3) is 0.462. The Morgan fingerprint density at radius 3 is 2.44 bits per heavy atom. The molecule has 0 bridgehead atoms. The molecule has 0 radical (unpaired) electrons. The minimum Gasteiger partial charge on any atom is -0.486 e. The molecule has 2 aromatic rings. The van der Waals surface area contributed by atoms with Crippen LogP contribution < -0.4 is 9.64 Å². The number of carboxylic acids is 1. The number of carbonyl (C=O) groups excluding carboxylic acids is 1. The Balaban J connectivity index is 1.89. The lowest BCUT2D eigenvalue weighted by Crippen LogP contribution is -2.49. The third-order valence-corrected chi connectivity index (χ3v) is 6.30. The molecule has 2 aromatic carbocycles. The Bertz CT molecular complexity index is 1010. The molecule has 0 fully saturated rings. The summed E-state index contributed by atoms with van der Waals surface area (Å²) in [7, 11) is 5.83. The standard InChI is InChI=1S/C26H35N3O5/c1-17-13-29(18(2)16-30)25(31)21-7-6-8-22(27(3)4)24(21)34-23(17)15-28(5)14-19-9-11-20(12-10-19)26(32)33/h6-12,17-18,23,30H,13-16H2,1-5H3,(H,32,33)/t17-,18-,23-/m1/s1. The number of carbonyl (C=O) groups is 2. The summed E-state index contributed by atoms with van der Waals surface area (Å²) >= 11 is 0. The summed E-state index contributed by atoms with van der Waals surface area (Å²) in [6, 6.07) is 12.1. The summed E-state index contributed by atoms with van der Waals surface area (Å²) in [5.41, 5.74) is 2.59. The number of aromatic carboxylic acids is 1. The highest BCUT2D eigenvalue weighted by atomic mass is 16.5. The first kappa shape index (κ1) is 25.5. The highest BCUT2D eigenvalue weighted by Gasteiger charge is 2.34. The Morgan fingerprint density at radius 2 is 1.85 bits per heavy atom. The predicted molar refractivity (Wildman–Crippen MR) is 132 cm³/mol. The quantitative estimate of drug-likeness (QED) is 0.614. The van der Waals surface area contributed by atoms with E-state index in [2.05, 4.69) is 11.8 Å². The van der Waals surface area contributed by atoms with Crippen LogP contribution in [0.3, 0.4) is 0 Å². The summed E-state index contributed by atoms with van der Waals surface area (Å²) in [4.78, 5) is 30.3. The molecule has 1 amide bonds. The van der Waals surface area contributed by atoms with Gasteiger partial charge in [-0.3, -0.25) is 9.69 Å². The van der Waals surface area contributed by atoms with Gasteiger partial charge in [-0.2, -0.15) is 0 Å². The number of hydrogen-bond acceptors (Lipinski definition) is 6. The average Bonchev–Trinajstić information content (AvgIpc) is 2.80. The second-order valence-corrected chi connectivity index (χ2v) is 9.37. The summed E-state index contributed by atoms with van der Waals surface area (Å²) in [6.45, 7) is 5.51. The lowest BCUT2D eigenvalue weighted by atomic mass is 9.98. The van der Waals surface area contributed by atoms with Crippen LogP contribution in [0.4, 0.5) is 5.69 Å². The van der Waals surface area contributed by atoms with Crippen molar-refractivity contribution in [1.29, 1.82) is 0 Å². The number of aliphatic hydroxyl groups excluding tert-OH is 1. The zero-order valence-electron chi connectivity index (χ0n) is 20.6. The molecule has 3 atom stereocenters. The molecule has 184 valence electrons. The molecule has 34 heavy (non-hydrogen) atoms. The largest absolute Gasteiger partial charge is 0.486 e. The third-order valence-electron chi connectivity index (χ3n) is 6.30. The normalized spacial score (nSPS) is 19.1. The molecule has 8 nitrogen and oxygen atoms in total. The van der Waals surface area contributed by atoms with E-state index in [0.717, 1.165) is 11.3 Å². The summed E-state index contributed by atoms with van der Waals surface area (Å²) in [5.74, 6) is -0.512. The Hall–Kier alpha value is -3.10. The van der Waals surface area contributed by atoms with Crippen molar-refractivity contribution in [2.24, 2.45) is 5.92 Å². The van der Waals surface area contributed by atoms with Crippen molar-refractivity contribution in [3.8, 4) is 5.75 Å². The van der Waals surface area contributed by atoms with Gasteiger partial charge in [0.2, 0.25) is 0 Å². The summed E-state index contributed by atoms with van der Waals surface area (Å²) < 4.78 is 6.56. The van der Waals surface area contributed by atoms with Crippen molar-refractivity contribution in [3.05, 3.63) is 59.2 Å². The maximum Gasteiger partial charge on any atom is 0.335 e. The molecule has 0 aliphatic carbocycles. The van der Waals surface area contributed by atoms with E-state index in [9.17, 15) is 14.7 Å². The van der Waals surface area contributed by atoms with E-state index in [1.807, 2.05) is 57.2 Å². The van der Waals surface area contributed by atoms with Gasteiger partial charge in [0.1, 0.15) is 6.10 Å². The van der Waals surface area contributed by atoms with E-state index in [4.69, 9.17) is 9.84 Å². The first-order chi connectivity index (χ1) is 16.1. The number of benzene rings is 2. The second kappa shape index (κ2) is 10.9. The number of ether oxygens (including phenoxy) is 1. The number of aliphatic hydroxyl groups is 1. The van der Waals surface area contributed by atoms with Crippen LogP contribution in [-0.2, 0) is 6.54 Å². The van der Waals surface area contributed by atoms with Crippen molar-refractivity contribution in [2.75, 3.05) is 45.7 Å². The zero-order valence-corrected chi connectivity index (χ0v) is 20.6. The van der Waals surface area contributed by atoms with E-state index in [-0.39, 0.29) is 36.1 Å². The van der Waals surface area contributed by atoms with Crippen LogP contribution in [-0.4, -0.2) is 84.9 Å². The number of carboxylic acid groups (broad SMARTS) is 1. The fourth-order valence-electron chi connectivity index (χ4n) is 4.23. The van der Waals surface area contributed by atoms with Crippen LogP contribution in [0.15, 0.2) is 42.5 Å². The number of fused-ring (bicyclic) bond motifs is 1. The van der Waals surface area contributed by atoms with Crippen molar-refractivity contribution >= 4 is 17.6 Å². The van der Waals surface area contributed by atoms with Crippen LogP contribution in [0, 0.1) is 5.92 Å². The van der Waals surface area contributed by atoms with Crippen LogP contribution >= 0.6 is 0 Å². The topological polar surface area (TPSA) is 93.6 Å². The number of likely N-dealkylation sites (N-methyl/N-ethyl adjacent to an activating group) is 1. The van der Waals surface area contributed by atoms with Gasteiger partial charge in [-0.05, 0) is 43.8 Å². The number of para-hydroxylation sites is 1. The maximum absolute atomic E-state index is 13.4. The molecule has 3 rings (SSSR count). The molecule has 2 N–H and O–H groups in total. The Kier molecular flexibility index (Phi) is 8.17. The number of nitrogens with zero attached hydrogens (tertiary/aromatic N) is 3. The van der Waals surface area contributed by atoms with Crippen molar-refractivity contribution in [2.45, 2.75) is 32.5 Å². The highest BCUT2D eigenvalue weighted by Crippen LogP contribution is 2.36. The first-order valence-electron chi connectivity index (χ1n) is 11.5. The molecule has 0 spiro atoms. The van der Waals surface area contributed by atoms with Crippen molar-refractivity contribution in [3.63, 3.8) is 0 Å². The van der Waals surface area contributed by atoms with Crippen LogP contribution in [0.2, 0.25) is 0 Å². The molecule has 8 heteroatoms. The molecular formula is C26H35N3O5. The van der Waals surface area contributed by atoms with Gasteiger partial charge in [-0.1, -0.05) is 25.1 Å². The van der Waals surface area contributed by atoms with Gasteiger partial charge in [0.25, 0.3) is 5.91 Å². The van der Waals surface area contributed by atoms with Crippen LogP contribution in [0.25, 0.3) is 0 Å². The molecule has 0 saturated heterocycles. The number of anilines is 1. The Labute approximate surface area is 201 Å².